The van der Waals surface area contributed by atoms with Crippen LogP contribution in [0.5, 0.6) is 0 Å². The van der Waals surface area contributed by atoms with E-state index in [1.807, 2.05) is 19.2 Å². The molecule has 0 aromatic carbocycles. The summed E-state index contributed by atoms with van der Waals surface area (Å²) in [5.74, 6) is 0.722. The fraction of sp³-hybridized carbons (Fsp3) is 0.267. The molecule has 104 valence electrons. The molecular formula is C15H17N3O2. The Morgan fingerprint density at radius 1 is 1.35 bits per heavy atom. The highest BCUT2D eigenvalue weighted by Gasteiger charge is 2.07. The number of nitrogens with zero attached hydrogens (tertiary/aromatic N) is 3. The Hall–Kier alpha value is -2.43. The largest absolute Gasteiger partial charge is 0.442 e. The van der Waals surface area contributed by atoms with E-state index in [9.17, 15) is 4.79 Å². The lowest BCUT2D eigenvalue weighted by molar-refractivity contribution is 0.101. The van der Waals surface area contributed by atoms with Gasteiger partial charge in [0.1, 0.15) is 12.1 Å². The van der Waals surface area contributed by atoms with Gasteiger partial charge in [-0.1, -0.05) is 0 Å². The predicted molar refractivity (Wildman–Crippen MR) is 77.6 cm³/mol. The molecule has 0 aliphatic rings. The van der Waals surface area contributed by atoms with Crippen molar-refractivity contribution < 1.29 is 9.21 Å². The molecule has 5 nitrogen and oxygen atoms in total. The first-order valence-corrected chi connectivity index (χ1v) is 6.38. The van der Waals surface area contributed by atoms with Crippen molar-refractivity contribution in [2.75, 3.05) is 11.9 Å². The van der Waals surface area contributed by atoms with Crippen molar-refractivity contribution in [1.82, 2.24) is 9.97 Å². The van der Waals surface area contributed by atoms with Crippen molar-refractivity contribution in [2.24, 2.45) is 0 Å². The number of rotatable bonds is 5. The number of aromatic nitrogens is 2. The van der Waals surface area contributed by atoms with Gasteiger partial charge < -0.3 is 9.32 Å². The van der Waals surface area contributed by atoms with Gasteiger partial charge in [0.25, 0.3) is 5.89 Å². The lowest BCUT2D eigenvalue weighted by Crippen LogP contribution is -2.26. The molecule has 0 spiro atoms. The minimum atomic E-state index is -0.265. The number of oxazole rings is 1. The summed E-state index contributed by atoms with van der Waals surface area (Å²) in [5.41, 5.74) is 0.853. The molecule has 2 aromatic rings. The molecule has 2 rings (SSSR count). The van der Waals surface area contributed by atoms with Crippen molar-refractivity contribution in [2.45, 2.75) is 19.9 Å². The summed E-state index contributed by atoms with van der Waals surface area (Å²) in [6, 6.07) is 4.23. The Morgan fingerprint density at radius 2 is 2.15 bits per heavy atom. The number of anilines is 1. The number of ketones is 1. The lowest BCUT2D eigenvalue weighted by Gasteiger charge is -2.22. The zero-order valence-corrected chi connectivity index (χ0v) is 11.8. The third kappa shape index (κ3) is 3.32. The monoisotopic (exact) mass is 271 g/mol. The third-order valence-corrected chi connectivity index (χ3v) is 2.98. The molecule has 0 aliphatic carbocycles. The van der Waals surface area contributed by atoms with Crippen LogP contribution in [0, 0.1) is 0 Å². The number of allylic oxidation sites excluding steroid dienone is 1. The van der Waals surface area contributed by atoms with Crippen LogP contribution in [0.4, 0.5) is 5.82 Å². The van der Waals surface area contributed by atoms with E-state index in [0.717, 1.165) is 11.4 Å². The smallest absolute Gasteiger partial charge is 0.267 e. The van der Waals surface area contributed by atoms with E-state index in [1.54, 1.807) is 12.3 Å². The zero-order valence-electron chi connectivity index (χ0n) is 11.8. The van der Waals surface area contributed by atoms with Gasteiger partial charge in [-0.3, -0.25) is 4.79 Å². The van der Waals surface area contributed by atoms with Crippen LogP contribution in [0.2, 0.25) is 0 Å². The maximum absolute atomic E-state index is 11.7. The summed E-state index contributed by atoms with van der Waals surface area (Å²) in [7, 11) is 1.99. The second kappa shape index (κ2) is 6.14. The van der Waals surface area contributed by atoms with Gasteiger partial charge >= 0.3 is 0 Å². The summed E-state index contributed by atoms with van der Waals surface area (Å²) in [6.07, 6.45) is 7.67. The maximum Gasteiger partial charge on any atom is 0.267 e. The van der Waals surface area contributed by atoms with Crippen LogP contribution >= 0.6 is 0 Å². The molecule has 0 bridgehead atoms. The van der Waals surface area contributed by atoms with Gasteiger partial charge in [-0.05, 0) is 43.7 Å². The number of carbonyl (C=O) groups is 1. The number of pyridine rings is 1. The van der Waals surface area contributed by atoms with Crippen molar-refractivity contribution in [1.29, 1.82) is 0 Å². The predicted octanol–water partition coefficient (Wildman–Crippen LogP) is 2.81. The van der Waals surface area contributed by atoms with Crippen LogP contribution in [0.15, 0.2) is 41.3 Å². The van der Waals surface area contributed by atoms with E-state index in [-0.39, 0.29) is 11.7 Å². The van der Waals surface area contributed by atoms with Crippen LogP contribution in [0.25, 0.3) is 6.08 Å². The summed E-state index contributed by atoms with van der Waals surface area (Å²) in [5, 5.41) is 0. The SMILES string of the molecule is CC(C)N(C)c1ccc(/C=C/C(=O)c2ncco2)cn1. The standard InChI is InChI=1S/C15H17N3O2/c1-11(2)18(3)14-7-5-12(10-17-14)4-6-13(19)15-16-8-9-20-15/h4-11H,1-3H3/b6-4+. The summed E-state index contributed by atoms with van der Waals surface area (Å²) >= 11 is 0. The lowest BCUT2D eigenvalue weighted by atomic mass is 10.2. The third-order valence-electron chi connectivity index (χ3n) is 2.98. The van der Waals surface area contributed by atoms with Crippen molar-refractivity contribution in [3.8, 4) is 0 Å². The van der Waals surface area contributed by atoms with Crippen molar-refractivity contribution in [3.63, 3.8) is 0 Å². The van der Waals surface area contributed by atoms with Crippen LogP contribution in [-0.4, -0.2) is 28.8 Å². The first-order valence-electron chi connectivity index (χ1n) is 6.38. The van der Waals surface area contributed by atoms with E-state index >= 15 is 0 Å². The highest BCUT2D eigenvalue weighted by atomic mass is 16.3. The zero-order chi connectivity index (χ0) is 14.5. The van der Waals surface area contributed by atoms with Gasteiger partial charge in [-0.2, -0.15) is 0 Å². The minimum Gasteiger partial charge on any atom is -0.442 e. The molecule has 2 heterocycles. The van der Waals surface area contributed by atoms with Crippen LogP contribution in [-0.2, 0) is 0 Å². The molecule has 0 radical (unpaired) electrons. The van der Waals surface area contributed by atoms with Crippen molar-refractivity contribution in [3.05, 3.63) is 48.3 Å². The second-order valence-corrected chi connectivity index (χ2v) is 4.69. The maximum atomic E-state index is 11.7. The first kappa shape index (κ1) is 14.0. The highest BCUT2D eigenvalue weighted by molar-refractivity contribution is 6.03. The number of hydrogen-bond acceptors (Lipinski definition) is 5. The Labute approximate surface area is 118 Å². The molecular weight excluding hydrogens is 254 g/mol. The average Bonchev–Trinajstić information content (AvgIpc) is 2.98. The molecule has 5 heteroatoms. The van der Waals surface area contributed by atoms with E-state index in [2.05, 4.69) is 28.7 Å². The van der Waals surface area contributed by atoms with Crippen LogP contribution in [0.1, 0.15) is 30.1 Å². The molecule has 0 unspecified atom stereocenters. The number of hydrogen-bond donors (Lipinski definition) is 0. The molecule has 2 aromatic heterocycles. The molecule has 0 amide bonds. The first-order chi connectivity index (χ1) is 9.58. The molecule has 0 atom stereocenters. The highest BCUT2D eigenvalue weighted by Crippen LogP contribution is 2.13. The summed E-state index contributed by atoms with van der Waals surface area (Å²) in [6.45, 7) is 4.20. The molecule has 0 aliphatic heterocycles. The van der Waals surface area contributed by atoms with E-state index in [1.165, 1.54) is 18.5 Å². The Morgan fingerprint density at radius 3 is 2.70 bits per heavy atom. The molecule has 0 fully saturated rings. The van der Waals surface area contributed by atoms with E-state index in [4.69, 9.17) is 4.42 Å². The van der Waals surface area contributed by atoms with Gasteiger partial charge in [0, 0.05) is 19.3 Å². The van der Waals surface area contributed by atoms with E-state index in [0.29, 0.717) is 6.04 Å². The van der Waals surface area contributed by atoms with Gasteiger partial charge in [0.05, 0.1) is 6.20 Å². The second-order valence-electron chi connectivity index (χ2n) is 4.69. The van der Waals surface area contributed by atoms with Crippen LogP contribution < -0.4 is 4.90 Å². The van der Waals surface area contributed by atoms with Gasteiger partial charge in [0.2, 0.25) is 5.78 Å². The average molecular weight is 271 g/mol. The van der Waals surface area contributed by atoms with Gasteiger partial charge in [-0.15, -0.1) is 0 Å². The molecule has 20 heavy (non-hydrogen) atoms. The Kier molecular flexibility index (Phi) is 4.30. The molecule has 0 N–H and O–H groups in total. The normalized spacial score (nSPS) is 11.2. The fourth-order valence-corrected chi connectivity index (χ4v) is 1.56. The number of carbonyl (C=O) groups excluding carboxylic acids is 1. The molecule has 0 saturated heterocycles. The quantitative estimate of drug-likeness (QED) is 0.618. The molecule has 0 saturated carbocycles. The van der Waals surface area contributed by atoms with Crippen LogP contribution in [0.3, 0.4) is 0 Å². The fourth-order valence-electron chi connectivity index (χ4n) is 1.56. The minimum absolute atomic E-state index is 0.0883. The summed E-state index contributed by atoms with van der Waals surface area (Å²) in [4.78, 5) is 21.9. The topological polar surface area (TPSA) is 59.2 Å². The van der Waals surface area contributed by atoms with Gasteiger partial charge in [0.15, 0.2) is 0 Å². The Bertz CT molecular complexity index is 586. The van der Waals surface area contributed by atoms with Gasteiger partial charge in [-0.25, -0.2) is 9.97 Å². The van der Waals surface area contributed by atoms with E-state index < -0.39 is 0 Å². The van der Waals surface area contributed by atoms with Crippen molar-refractivity contribution >= 4 is 17.7 Å². The summed E-state index contributed by atoms with van der Waals surface area (Å²) < 4.78 is 4.93. The Balaban J connectivity index is 2.06.